The zero-order chi connectivity index (χ0) is 25.0. The number of carbonyl (C=O) groups is 2. The summed E-state index contributed by atoms with van der Waals surface area (Å²) in [6, 6.07) is 5.29. The molecule has 0 amide bonds. The second-order valence-electron chi connectivity index (χ2n) is 6.41. The summed E-state index contributed by atoms with van der Waals surface area (Å²) in [7, 11) is 1.17. The zero-order valence-electron chi connectivity index (χ0n) is 17.1. The number of tetrazole rings is 1. The monoisotopic (exact) mass is 492 g/mol. The summed E-state index contributed by atoms with van der Waals surface area (Å²) in [6.45, 7) is 0.331. The predicted molar refractivity (Wildman–Crippen MR) is 115 cm³/mol. The minimum absolute atomic E-state index is 0.0678. The summed E-state index contributed by atoms with van der Waals surface area (Å²) < 4.78 is 19.0. The molecule has 0 radical (unpaired) electrons. The second-order valence-corrected chi connectivity index (χ2v) is 6.68. The fourth-order valence-corrected chi connectivity index (χ4v) is 2.78. The Kier molecular flexibility index (Phi) is 7.08. The number of nitrogens with two attached hydrogens (primary N) is 1. The first-order chi connectivity index (χ1) is 16.2. The summed E-state index contributed by atoms with van der Waals surface area (Å²) in [4.78, 5) is 50.2. The number of hydrogen-bond acceptors (Lipinski definition) is 12. The van der Waals surface area contributed by atoms with Crippen molar-refractivity contribution in [1.29, 1.82) is 0 Å². The zero-order valence-corrected chi connectivity index (χ0v) is 17.8. The molecule has 0 saturated heterocycles. The number of nitrogen functional groups attached to an aromatic ring is 1. The fraction of sp³-hybridized carbons (Fsp3) is 0.111. The van der Waals surface area contributed by atoms with E-state index < -0.39 is 28.6 Å². The molecule has 0 aliphatic heterocycles. The van der Waals surface area contributed by atoms with E-state index in [9.17, 15) is 23.6 Å². The van der Waals surface area contributed by atoms with Gasteiger partial charge >= 0.3 is 11.9 Å². The molecule has 4 rings (SSSR count). The Hall–Kier alpha value is -4.50. The summed E-state index contributed by atoms with van der Waals surface area (Å²) in [5.74, 6) is -2.67. The van der Waals surface area contributed by atoms with Crippen molar-refractivity contribution in [3.05, 3.63) is 67.5 Å². The molecule has 0 saturated carbocycles. The molecule has 14 nitrogen and oxygen atoms in total. The fourth-order valence-electron chi connectivity index (χ4n) is 2.62. The molecule has 0 unspecified atom stereocenters. The third-order valence-corrected chi connectivity index (χ3v) is 4.43. The number of halogens is 2. The van der Waals surface area contributed by atoms with Gasteiger partial charge in [0, 0.05) is 12.6 Å². The number of nitrogens with zero attached hydrogens (tertiary/aromatic N) is 5. The summed E-state index contributed by atoms with van der Waals surface area (Å²) >= 11 is 5.35. The lowest BCUT2D eigenvalue weighted by Gasteiger charge is -2.11. The molecular formula is C18H14ClFN8O6. The average Bonchev–Trinajstić information content (AvgIpc) is 3.31. The van der Waals surface area contributed by atoms with Crippen molar-refractivity contribution >= 4 is 46.6 Å². The van der Waals surface area contributed by atoms with E-state index in [-0.39, 0.29) is 34.2 Å². The van der Waals surface area contributed by atoms with E-state index in [1.807, 2.05) is 0 Å². The van der Waals surface area contributed by atoms with E-state index in [0.717, 1.165) is 10.6 Å². The Bertz CT molecular complexity index is 1470. The van der Waals surface area contributed by atoms with E-state index in [1.54, 1.807) is 6.07 Å². The van der Waals surface area contributed by atoms with E-state index in [1.165, 1.54) is 19.2 Å². The lowest BCUT2D eigenvalue weighted by Crippen LogP contribution is -2.36. The molecule has 5 N–H and O–H groups in total. The Balaban J connectivity index is 0.000000192. The predicted octanol–water partition coefficient (Wildman–Crippen LogP) is -0.00500. The molecular weight excluding hydrogens is 479 g/mol. The average molecular weight is 493 g/mol. The minimum atomic E-state index is -1.28. The number of carboxylic acids is 1. The number of aromatic nitrogens is 5. The number of ether oxygens (including phenoxy) is 1. The number of carboxylic acid groups (broad SMARTS) is 1. The number of benzene rings is 1. The van der Waals surface area contributed by atoms with Crippen molar-refractivity contribution < 1.29 is 23.8 Å². The lowest BCUT2D eigenvalue weighted by molar-refractivity contribution is 0.0590. The summed E-state index contributed by atoms with van der Waals surface area (Å²) in [5.41, 5.74) is 3.94. The SMILES string of the molecule is COC(=O)c1cc(C(=O)O)nc2nnnn12.Nc1c(Nc2cc(CNCl)ccc2F)c(=O)c1=O. The number of aromatic carboxylic acids is 1. The molecule has 4 aromatic rings. The van der Waals surface area contributed by atoms with Crippen LogP contribution in [0.25, 0.3) is 5.78 Å². The maximum absolute atomic E-state index is 13.5. The van der Waals surface area contributed by atoms with Gasteiger partial charge < -0.3 is 20.9 Å². The molecule has 0 bridgehead atoms. The Morgan fingerprint density at radius 1 is 1.26 bits per heavy atom. The van der Waals surface area contributed by atoms with Crippen LogP contribution in [0.2, 0.25) is 0 Å². The molecule has 2 aromatic heterocycles. The van der Waals surface area contributed by atoms with Gasteiger partial charge in [-0.3, -0.25) is 9.59 Å². The van der Waals surface area contributed by atoms with Crippen LogP contribution in [0.5, 0.6) is 0 Å². The molecule has 0 aliphatic rings. The Labute approximate surface area is 192 Å². The third-order valence-electron chi connectivity index (χ3n) is 4.30. The number of rotatable bonds is 6. The molecule has 0 spiro atoms. The highest BCUT2D eigenvalue weighted by Gasteiger charge is 2.19. The normalized spacial score (nSPS) is 10.6. The van der Waals surface area contributed by atoms with Gasteiger partial charge in [0.05, 0.1) is 12.8 Å². The maximum atomic E-state index is 13.5. The van der Waals surface area contributed by atoms with Crippen LogP contribution in [0, 0.1) is 5.82 Å². The van der Waals surface area contributed by atoms with Gasteiger partial charge in [-0.15, -0.1) is 0 Å². The summed E-state index contributed by atoms with van der Waals surface area (Å²) in [6.07, 6.45) is 0. The molecule has 0 aliphatic carbocycles. The standard InChI is InChI=1S/C11H9ClFN3O2.C7H5N5O4/c12-15-4-5-1-2-6(13)7(3-5)16-9-8(14)10(17)11(9)18;1-16-6(15)4-2-3(5(13)14)8-7-9-10-11-12(4)7/h1-3,15-16H,4,14H2;2H,1H3,(H,13,14). The first-order valence-corrected chi connectivity index (χ1v) is 9.44. The first-order valence-electron chi connectivity index (χ1n) is 9.06. The number of nitrogens with one attached hydrogen (secondary N) is 2. The Morgan fingerprint density at radius 2 is 2.00 bits per heavy atom. The van der Waals surface area contributed by atoms with Crippen molar-refractivity contribution in [3.63, 3.8) is 0 Å². The minimum Gasteiger partial charge on any atom is -0.477 e. The number of hydrogen-bond donors (Lipinski definition) is 4. The molecule has 0 atom stereocenters. The first kappa shape index (κ1) is 24.1. The van der Waals surface area contributed by atoms with Crippen molar-refractivity contribution in [2.75, 3.05) is 18.2 Å². The van der Waals surface area contributed by atoms with Crippen molar-refractivity contribution in [3.8, 4) is 0 Å². The maximum Gasteiger partial charge on any atom is 0.357 e. The molecule has 2 aromatic carbocycles. The second kappa shape index (κ2) is 9.97. The van der Waals surface area contributed by atoms with Gasteiger partial charge in [0.25, 0.3) is 16.6 Å². The van der Waals surface area contributed by atoms with Gasteiger partial charge in [-0.05, 0) is 39.9 Å². The number of anilines is 3. The van der Waals surface area contributed by atoms with Gasteiger partial charge in [0.1, 0.15) is 17.2 Å². The van der Waals surface area contributed by atoms with Crippen molar-refractivity contribution in [2.45, 2.75) is 6.54 Å². The molecule has 16 heteroatoms. The van der Waals surface area contributed by atoms with Crippen LogP contribution in [-0.4, -0.2) is 49.2 Å². The van der Waals surface area contributed by atoms with E-state index in [0.29, 0.717) is 12.1 Å². The van der Waals surface area contributed by atoms with Crippen LogP contribution < -0.4 is 26.7 Å². The Morgan fingerprint density at radius 3 is 2.62 bits per heavy atom. The topological polar surface area (TPSA) is 204 Å². The molecule has 34 heavy (non-hydrogen) atoms. The van der Waals surface area contributed by atoms with Crippen LogP contribution in [-0.2, 0) is 11.3 Å². The van der Waals surface area contributed by atoms with Gasteiger partial charge in [-0.25, -0.2) is 23.8 Å². The van der Waals surface area contributed by atoms with Crippen molar-refractivity contribution in [1.82, 2.24) is 29.9 Å². The number of carbonyl (C=O) groups excluding carboxylic acids is 1. The van der Waals surface area contributed by atoms with Gasteiger partial charge in [-0.2, -0.15) is 4.52 Å². The van der Waals surface area contributed by atoms with Gasteiger partial charge in [0.15, 0.2) is 11.4 Å². The highest BCUT2D eigenvalue weighted by Crippen LogP contribution is 2.22. The third kappa shape index (κ3) is 4.79. The molecule has 176 valence electrons. The number of fused-ring (bicyclic) bond motifs is 1. The van der Waals surface area contributed by atoms with Crippen LogP contribution in [0.15, 0.2) is 33.9 Å². The van der Waals surface area contributed by atoms with E-state index in [2.05, 4.69) is 35.4 Å². The van der Waals surface area contributed by atoms with E-state index in [4.69, 9.17) is 22.6 Å². The van der Waals surface area contributed by atoms with Crippen LogP contribution in [0.4, 0.5) is 21.5 Å². The largest absolute Gasteiger partial charge is 0.477 e. The van der Waals surface area contributed by atoms with Crippen LogP contribution in [0.3, 0.4) is 0 Å². The highest BCUT2D eigenvalue weighted by atomic mass is 35.5. The summed E-state index contributed by atoms with van der Waals surface area (Å²) in [5, 5.41) is 21.5. The van der Waals surface area contributed by atoms with Crippen LogP contribution >= 0.6 is 11.8 Å². The highest BCUT2D eigenvalue weighted by molar-refractivity contribution is 6.13. The van der Waals surface area contributed by atoms with Crippen molar-refractivity contribution in [2.24, 2.45) is 0 Å². The quantitative estimate of drug-likeness (QED) is 0.159. The smallest absolute Gasteiger partial charge is 0.357 e. The molecule has 0 fully saturated rings. The number of esters is 1. The van der Waals surface area contributed by atoms with E-state index >= 15 is 0 Å². The molecule has 2 heterocycles. The van der Waals surface area contributed by atoms with Gasteiger partial charge in [-0.1, -0.05) is 11.2 Å². The van der Waals surface area contributed by atoms with Gasteiger partial charge in [0.2, 0.25) is 0 Å². The number of methoxy groups -OCH3 is 1. The lowest BCUT2D eigenvalue weighted by atomic mass is 10.1. The van der Waals surface area contributed by atoms with Crippen LogP contribution in [0.1, 0.15) is 26.5 Å².